The zero-order valence-electron chi connectivity index (χ0n) is 29.5. The predicted octanol–water partition coefficient (Wildman–Crippen LogP) is 13.0. The summed E-state index contributed by atoms with van der Waals surface area (Å²) in [5, 5.41) is 4.17. The summed E-state index contributed by atoms with van der Waals surface area (Å²) in [4.78, 5) is 21.2. The fourth-order valence-corrected chi connectivity index (χ4v) is 7.79. The average Bonchev–Trinajstić information content (AvgIpc) is 3.65. The smallest absolute Gasteiger partial charge is 0.144 e. The van der Waals surface area contributed by atoms with Gasteiger partial charge in [0.05, 0.1) is 39.1 Å². The molecule has 11 aromatic rings. The number of hydrogen-bond acceptors (Lipinski definition) is 5. The van der Waals surface area contributed by atoms with Crippen molar-refractivity contribution < 1.29 is 4.42 Å². The van der Waals surface area contributed by atoms with Crippen molar-refractivity contribution in [3.05, 3.63) is 182 Å². The number of benzene rings is 7. The first-order chi connectivity index (χ1) is 27.2. The van der Waals surface area contributed by atoms with Crippen LogP contribution in [0, 0.1) is 0 Å². The highest BCUT2D eigenvalue weighted by molar-refractivity contribution is 6.12. The lowest BCUT2D eigenvalue weighted by molar-refractivity contribution is 0.670. The van der Waals surface area contributed by atoms with Crippen LogP contribution in [0.1, 0.15) is 0 Å². The van der Waals surface area contributed by atoms with Gasteiger partial charge in [0.25, 0.3) is 0 Å². The highest BCUT2D eigenvalue weighted by atomic mass is 16.3. The lowest BCUT2D eigenvalue weighted by Crippen LogP contribution is -1.97. The molecule has 0 spiro atoms. The van der Waals surface area contributed by atoms with Crippen LogP contribution in [0.15, 0.2) is 186 Å². The number of rotatable bonds is 5. The number of pyridine rings is 2. The Kier molecular flexibility index (Phi) is 7.10. The normalized spacial score (nSPS) is 11.6. The van der Waals surface area contributed by atoms with Gasteiger partial charge in [-0.05, 0) is 59.7 Å². The van der Waals surface area contributed by atoms with Gasteiger partial charge in [-0.3, -0.25) is 0 Å². The monoisotopic (exact) mass is 702 g/mol. The molecule has 0 saturated heterocycles. The Morgan fingerprint density at radius 2 is 0.982 bits per heavy atom. The Hall–Kier alpha value is -7.50. The lowest BCUT2D eigenvalue weighted by Gasteiger charge is -2.14. The summed E-state index contributed by atoms with van der Waals surface area (Å²) in [6.07, 6.45) is 0. The molecular weight excluding hydrogens is 673 g/mol. The SMILES string of the molecule is c1ccc(-c2ccc3cc(-c4ccc5nc(-c6ccccc6)c(-c6cccc7c6oc6ccccc67)nc5c4)c4ccc(-c5ccccc5)nc4c3n2)cc1. The molecule has 0 saturated carbocycles. The van der Waals surface area contributed by atoms with Gasteiger partial charge in [0.1, 0.15) is 16.9 Å². The molecular formula is C50H30N4O. The minimum atomic E-state index is 0.774. The fraction of sp³-hybridized carbons (Fsp3) is 0. The highest BCUT2D eigenvalue weighted by Gasteiger charge is 2.20. The van der Waals surface area contributed by atoms with Crippen molar-refractivity contribution in [3.63, 3.8) is 0 Å². The van der Waals surface area contributed by atoms with E-state index in [9.17, 15) is 0 Å². The molecule has 11 rings (SSSR count). The Morgan fingerprint density at radius 3 is 1.75 bits per heavy atom. The highest BCUT2D eigenvalue weighted by Crippen LogP contribution is 2.41. The van der Waals surface area contributed by atoms with Crippen LogP contribution < -0.4 is 0 Å². The molecule has 7 aromatic carbocycles. The van der Waals surface area contributed by atoms with E-state index in [1.165, 1.54) is 0 Å². The predicted molar refractivity (Wildman–Crippen MR) is 225 cm³/mol. The van der Waals surface area contributed by atoms with Crippen LogP contribution >= 0.6 is 0 Å². The standard InChI is InChI=1S/C50H30N4O/c1-4-13-31(14-5-1)41-26-24-35-29-40(37-25-28-42(32-15-6-2-7-16-32)52-48(37)47(35)51-41)34-23-27-43-44(30-34)54-49(46(53-43)33-17-8-3-9-18-33)39-21-12-20-38-36-19-10-11-22-45(36)55-50(38)39/h1-30H. The summed E-state index contributed by atoms with van der Waals surface area (Å²) in [6.45, 7) is 0. The van der Waals surface area contributed by atoms with Crippen molar-refractivity contribution in [2.75, 3.05) is 0 Å². The van der Waals surface area contributed by atoms with E-state index < -0.39 is 0 Å². The van der Waals surface area contributed by atoms with E-state index >= 15 is 0 Å². The maximum absolute atomic E-state index is 6.52. The van der Waals surface area contributed by atoms with E-state index in [2.05, 4.69) is 109 Å². The van der Waals surface area contributed by atoms with Gasteiger partial charge in [-0.15, -0.1) is 0 Å². The molecule has 5 heteroatoms. The molecule has 4 heterocycles. The van der Waals surface area contributed by atoms with Crippen LogP contribution in [-0.4, -0.2) is 19.9 Å². The zero-order valence-corrected chi connectivity index (χ0v) is 29.5. The van der Waals surface area contributed by atoms with Gasteiger partial charge in [0.2, 0.25) is 0 Å². The zero-order chi connectivity index (χ0) is 36.3. The molecule has 0 aliphatic heterocycles. The molecule has 0 aliphatic rings. The number of furan rings is 1. The number of hydrogen-bond donors (Lipinski definition) is 0. The van der Waals surface area contributed by atoms with Crippen molar-refractivity contribution in [2.45, 2.75) is 0 Å². The van der Waals surface area contributed by atoms with E-state index in [0.717, 1.165) is 111 Å². The Bertz CT molecular complexity index is 3250. The summed E-state index contributed by atoms with van der Waals surface area (Å²) in [6, 6.07) is 62.4. The summed E-state index contributed by atoms with van der Waals surface area (Å²) in [7, 11) is 0. The minimum absolute atomic E-state index is 0.774. The summed E-state index contributed by atoms with van der Waals surface area (Å²) < 4.78 is 6.52. The minimum Gasteiger partial charge on any atom is -0.455 e. The second-order valence-electron chi connectivity index (χ2n) is 13.8. The number of nitrogens with zero attached hydrogens (tertiary/aromatic N) is 4. The molecule has 0 bridgehead atoms. The van der Waals surface area contributed by atoms with Crippen molar-refractivity contribution in [3.8, 4) is 56.2 Å². The van der Waals surface area contributed by atoms with Crippen molar-refractivity contribution in [1.29, 1.82) is 0 Å². The fourth-order valence-electron chi connectivity index (χ4n) is 7.79. The van der Waals surface area contributed by atoms with Gasteiger partial charge in [0, 0.05) is 43.8 Å². The molecule has 0 amide bonds. The first-order valence-electron chi connectivity index (χ1n) is 18.4. The van der Waals surface area contributed by atoms with Gasteiger partial charge in [-0.2, -0.15) is 0 Å². The molecule has 0 N–H and O–H groups in total. The van der Waals surface area contributed by atoms with Crippen LogP contribution in [0.2, 0.25) is 0 Å². The van der Waals surface area contributed by atoms with Gasteiger partial charge in [-0.25, -0.2) is 19.9 Å². The summed E-state index contributed by atoms with van der Waals surface area (Å²) in [5.74, 6) is 0. The molecule has 4 aromatic heterocycles. The van der Waals surface area contributed by atoms with Crippen LogP contribution in [-0.2, 0) is 0 Å². The summed E-state index contributed by atoms with van der Waals surface area (Å²) >= 11 is 0. The number of fused-ring (bicyclic) bond motifs is 7. The molecule has 55 heavy (non-hydrogen) atoms. The Labute approximate surface area is 316 Å². The van der Waals surface area contributed by atoms with Crippen molar-refractivity contribution in [2.24, 2.45) is 0 Å². The summed E-state index contributed by atoms with van der Waals surface area (Å²) in [5.41, 5.74) is 14.5. The van der Waals surface area contributed by atoms with Gasteiger partial charge in [-0.1, -0.05) is 133 Å². The lowest BCUT2D eigenvalue weighted by atomic mass is 9.95. The van der Waals surface area contributed by atoms with Crippen LogP contribution in [0.4, 0.5) is 0 Å². The molecule has 256 valence electrons. The average molecular weight is 703 g/mol. The van der Waals surface area contributed by atoms with E-state index in [4.69, 9.17) is 24.4 Å². The second kappa shape index (κ2) is 12.6. The molecule has 5 nitrogen and oxygen atoms in total. The third-order valence-electron chi connectivity index (χ3n) is 10.5. The molecule has 0 aliphatic carbocycles. The van der Waals surface area contributed by atoms with E-state index in [0.29, 0.717) is 0 Å². The molecule has 0 fully saturated rings. The largest absolute Gasteiger partial charge is 0.455 e. The number of aromatic nitrogens is 4. The molecule has 0 atom stereocenters. The first kappa shape index (κ1) is 31.1. The second-order valence-corrected chi connectivity index (χ2v) is 13.8. The first-order valence-corrected chi connectivity index (χ1v) is 18.4. The third kappa shape index (κ3) is 5.24. The van der Waals surface area contributed by atoms with Gasteiger partial charge >= 0.3 is 0 Å². The Balaban J connectivity index is 1.14. The van der Waals surface area contributed by atoms with Gasteiger partial charge in [0.15, 0.2) is 0 Å². The third-order valence-corrected chi connectivity index (χ3v) is 10.5. The Morgan fingerprint density at radius 1 is 0.345 bits per heavy atom. The number of para-hydroxylation sites is 2. The van der Waals surface area contributed by atoms with Crippen LogP contribution in [0.3, 0.4) is 0 Å². The quantitative estimate of drug-likeness (QED) is 0.167. The van der Waals surface area contributed by atoms with Crippen molar-refractivity contribution >= 4 is 54.8 Å². The molecule has 0 unspecified atom stereocenters. The maximum atomic E-state index is 6.52. The van der Waals surface area contributed by atoms with Gasteiger partial charge < -0.3 is 4.42 Å². The maximum Gasteiger partial charge on any atom is 0.144 e. The van der Waals surface area contributed by atoms with E-state index in [-0.39, 0.29) is 0 Å². The van der Waals surface area contributed by atoms with E-state index in [1.54, 1.807) is 0 Å². The van der Waals surface area contributed by atoms with Crippen LogP contribution in [0.25, 0.3) is 111 Å². The molecule has 0 radical (unpaired) electrons. The van der Waals surface area contributed by atoms with Crippen molar-refractivity contribution in [1.82, 2.24) is 19.9 Å². The van der Waals surface area contributed by atoms with E-state index in [1.807, 2.05) is 72.8 Å². The topological polar surface area (TPSA) is 64.7 Å². The van der Waals surface area contributed by atoms with Crippen LogP contribution in [0.5, 0.6) is 0 Å².